The Morgan fingerprint density at radius 3 is 3.00 bits per heavy atom. The van der Waals surface area contributed by atoms with Crippen LogP contribution in [0.15, 0.2) is 12.3 Å². The molecule has 0 spiro atoms. The number of nitrogens with zero attached hydrogens (tertiary/aromatic N) is 5. The number of aryl methyl sites for hydroxylation is 1. The summed E-state index contributed by atoms with van der Waals surface area (Å²) in [6, 6.07) is 0.973. The summed E-state index contributed by atoms with van der Waals surface area (Å²) < 4.78 is 12.9. The largest absolute Gasteiger partial charge is 0.288 e. The topological polar surface area (TPSA) is 85.6 Å². The molecule has 1 amide bonds. The van der Waals surface area contributed by atoms with Crippen molar-refractivity contribution in [2.75, 3.05) is 5.32 Å². The monoisotopic (exact) mass is 256 g/mol. The van der Waals surface area contributed by atoms with Crippen molar-refractivity contribution in [3.05, 3.63) is 28.8 Å². The van der Waals surface area contributed by atoms with Crippen LogP contribution in [0.2, 0.25) is 5.15 Å². The Balaban J connectivity index is 2.22. The normalized spacial score (nSPS) is 10.3. The summed E-state index contributed by atoms with van der Waals surface area (Å²) in [6.45, 7) is 0. The lowest BCUT2D eigenvalue weighted by Crippen LogP contribution is -2.14. The van der Waals surface area contributed by atoms with Gasteiger partial charge in [0, 0.05) is 0 Å². The predicted molar refractivity (Wildman–Crippen MR) is 56.0 cm³/mol. The average Bonchev–Trinajstić information content (AvgIpc) is 2.67. The molecule has 2 aromatic rings. The third-order valence-electron chi connectivity index (χ3n) is 1.78. The molecule has 0 saturated heterocycles. The van der Waals surface area contributed by atoms with E-state index in [-0.39, 0.29) is 16.7 Å². The Bertz CT molecular complexity index is 571. The molecule has 2 heterocycles. The molecule has 0 aliphatic rings. The Morgan fingerprint density at radius 2 is 2.35 bits per heavy atom. The summed E-state index contributed by atoms with van der Waals surface area (Å²) in [5.41, 5.74) is -0.0980. The highest BCUT2D eigenvalue weighted by molar-refractivity contribution is 6.33. The minimum absolute atomic E-state index is 0.00201. The van der Waals surface area contributed by atoms with Crippen molar-refractivity contribution in [2.45, 2.75) is 0 Å². The number of tetrazole rings is 1. The molecule has 0 atom stereocenters. The minimum atomic E-state index is -0.661. The van der Waals surface area contributed by atoms with E-state index in [4.69, 9.17) is 11.6 Å². The van der Waals surface area contributed by atoms with Gasteiger partial charge in [-0.15, -0.1) is 5.10 Å². The summed E-state index contributed by atoms with van der Waals surface area (Å²) in [7, 11) is 1.54. The Kier molecular flexibility index (Phi) is 2.96. The van der Waals surface area contributed by atoms with Gasteiger partial charge >= 0.3 is 0 Å². The van der Waals surface area contributed by atoms with Crippen LogP contribution in [-0.2, 0) is 7.05 Å². The molecule has 0 radical (unpaired) electrons. The van der Waals surface area contributed by atoms with Crippen molar-refractivity contribution >= 4 is 23.5 Å². The summed E-state index contributed by atoms with van der Waals surface area (Å²) in [5.74, 6) is -1.32. The maximum atomic E-state index is 12.9. The zero-order valence-corrected chi connectivity index (χ0v) is 9.31. The molecule has 0 saturated carbocycles. The van der Waals surface area contributed by atoms with Gasteiger partial charge in [-0.05, 0) is 11.3 Å². The number of rotatable bonds is 2. The molecule has 0 fully saturated rings. The fourth-order valence-electron chi connectivity index (χ4n) is 1.08. The molecule has 88 valence electrons. The molecule has 9 heteroatoms. The first-order valence-corrected chi connectivity index (χ1v) is 4.80. The number of aromatic nitrogens is 5. The van der Waals surface area contributed by atoms with Crippen molar-refractivity contribution in [3.63, 3.8) is 0 Å². The maximum Gasteiger partial charge on any atom is 0.270 e. The van der Waals surface area contributed by atoms with Gasteiger partial charge in [0.1, 0.15) is 11.0 Å². The quantitative estimate of drug-likeness (QED) is 0.798. The second-order valence-electron chi connectivity index (χ2n) is 3.05. The van der Waals surface area contributed by atoms with Crippen LogP contribution in [0, 0.1) is 5.82 Å². The smallest absolute Gasteiger partial charge is 0.270 e. The van der Waals surface area contributed by atoms with Gasteiger partial charge in [-0.25, -0.2) is 9.37 Å². The first-order chi connectivity index (χ1) is 8.06. The Labute approximate surface area is 99.6 Å². The molecule has 7 nitrogen and oxygen atoms in total. The van der Waals surface area contributed by atoms with E-state index >= 15 is 0 Å². The second-order valence-corrected chi connectivity index (χ2v) is 3.41. The number of halogens is 2. The van der Waals surface area contributed by atoms with Gasteiger partial charge in [0.2, 0.25) is 0 Å². The number of anilines is 1. The number of carbonyl (C=O) groups excluding carboxylic acids is 1. The summed E-state index contributed by atoms with van der Waals surface area (Å²) >= 11 is 5.66. The molecule has 2 rings (SSSR count). The lowest BCUT2D eigenvalue weighted by atomic mass is 10.2. The van der Waals surface area contributed by atoms with Gasteiger partial charge < -0.3 is 0 Å². The third-order valence-corrected chi connectivity index (χ3v) is 2.09. The molecule has 0 aliphatic carbocycles. The van der Waals surface area contributed by atoms with Crippen LogP contribution in [0.25, 0.3) is 0 Å². The highest BCUT2D eigenvalue weighted by Crippen LogP contribution is 2.14. The number of hydrogen-bond donors (Lipinski definition) is 1. The molecular weight excluding hydrogens is 251 g/mol. The molecule has 0 unspecified atom stereocenters. The van der Waals surface area contributed by atoms with Crippen LogP contribution in [0.3, 0.4) is 0 Å². The van der Waals surface area contributed by atoms with E-state index in [0.717, 1.165) is 12.3 Å². The van der Waals surface area contributed by atoms with Gasteiger partial charge in [-0.1, -0.05) is 16.7 Å². The third kappa shape index (κ3) is 2.53. The number of amides is 1. The van der Waals surface area contributed by atoms with Crippen molar-refractivity contribution < 1.29 is 9.18 Å². The highest BCUT2D eigenvalue weighted by Gasteiger charge is 2.14. The number of carbonyl (C=O) groups is 1. The minimum Gasteiger partial charge on any atom is -0.288 e. The summed E-state index contributed by atoms with van der Waals surface area (Å²) in [4.78, 5) is 16.4. The van der Waals surface area contributed by atoms with Gasteiger partial charge in [0.05, 0.1) is 18.8 Å². The van der Waals surface area contributed by atoms with E-state index < -0.39 is 11.7 Å². The van der Waals surface area contributed by atoms with E-state index in [0.29, 0.717) is 0 Å². The van der Waals surface area contributed by atoms with Crippen molar-refractivity contribution in [3.8, 4) is 0 Å². The van der Waals surface area contributed by atoms with Crippen LogP contribution >= 0.6 is 11.6 Å². The fraction of sp³-hybridized carbons (Fsp3) is 0.125. The van der Waals surface area contributed by atoms with E-state index in [1.807, 2.05) is 0 Å². The van der Waals surface area contributed by atoms with E-state index in [2.05, 4.69) is 25.7 Å². The molecule has 0 aliphatic heterocycles. The van der Waals surface area contributed by atoms with E-state index in [1.54, 1.807) is 7.05 Å². The number of hydrogen-bond acceptors (Lipinski definition) is 5. The van der Waals surface area contributed by atoms with Crippen LogP contribution in [-0.4, -0.2) is 31.1 Å². The fourth-order valence-corrected chi connectivity index (χ4v) is 1.27. The molecular formula is C8H6ClFN6O. The van der Waals surface area contributed by atoms with Crippen LogP contribution < -0.4 is 5.32 Å². The standard InChI is InChI=1S/C8H6ClFN6O/c1-16-14-8(13-15-16)12-7(17)5-2-4(10)3-11-6(5)9/h2-3H,1H3,(H,12,14,17). The lowest BCUT2D eigenvalue weighted by Gasteiger charge is -2.02. The summed E-state index contributed by atoms with van der Waals surface area (Å²) in [5, 5.41) is 13.0. The van der Waals surface area contributed by atoms with E-state index in [9.17, 15) is 9.18 Å². The number of pyridine rings is 1. The molecule has 0 bridgehead atoms. The first kappa shape index (κ1) is 11.4. The second kappa shape index (κ2) is 4.42. The average molecular weight is 257 g/mol. The van der Waals surface area contributed by atoms with Crippen LogP contribution in [0.4, 0.5) is 10.3 Å². The maximum absolute atomic E-state index is 12.9. The highest BCUT2D eigenvalue weighted by atomic mass is 35.5. The Morgan fingerprint density at radius 1 is 1.59 bits per heavy atom. The first-order valence-electron chi connectivity index (χ1n) is 4.42. The zero-order chi connectivity index (χ0) is 12.4. The van der Waals surface area contributed by atoms with Crippen molar-refractivity contribution in [1.29, 1.82) is 0 Å². The van der Waals surface area contributed by atoms with Gasteiger partial charge in [0.15, 0.2) is 0 Å². The Hall–Kier alpha value is -2.09. The van der Waals surface area contributed by atoms with E-state index in [1.165, 1.54) is 4.80 Å². The summed E-state index contributed by atoms with van der Waals surface area (Å²) in [6.07, 6.45) is 0.916. The molecule has 17 heavy (non-hydrogen) atoms. The lowest BCUT2D eigenvalue weighted by molar-refractivity contribution is 0.102. The SMILES string of the molecule is Cn1nnc(NC(=O)c2cc(F)cnc2Cl)n1. The van der Waals surface area contributed by atoms with Gasteiger partial charge in [-0.2, -0.15) is 4.80 Å². The van der Waals surface area contributed by atoms with Gasteiger partial charge in [0.25, 0.3) is 11.9 Å². The zero-order valence-electron chi connectivity index (χ0n) is 8.55. The van der Waals surface area contributed by atoms with Crippen molar-refractivity contribution in [1.82, 2.24) is 25.2 Å². The molecule has 2 aromatic heterocycles. The number of nitrogens with one attached hydrogen (secondary N) is 1. The van der Waals surface area contributed by atoms with Crippen LogP contribution in [0.5, 0.6) is 0 Å². The van der Waals surface area contributed by atoms with Gasteiger partial charge in [-0.3, -0.25) is 10.1 Å². The molecule has 1 N–H and O–H groups in total. The molecule has 0 aromatic carbocycles. The van der Waals surface area contributed by atoms with Crippen LogP contribution in [0.1, 0.15) is 10.4 Å². The van der Waals surface area contributed by atoms with Crippen molar-refractivity contribution in [2.24, 2.45) is 7.05 Å². The predicted octanol–water partition coefficient (Wildman–Crippen LogP) is 0.650.